The SMILES string of the molecule is CC(=O)N1CCC(N2CCC(N(C)C(=O)c3cc(C(F)(F)F)cc(C(F)(F)F)c3)C(c3ccc(F)cc3C)C2)CC1. The predicted molar refractivity (Wildman–Crippen MR) is 138 cm³/mol. The molecule has 2 aromatic carbocycles. The number of halogens is 7. The summed E-state index contributed by atoms with van der Waals surface area (Å²) in [5.74, 6) is -1.78. The molecule has 5 nitrogen and oxygen atoms in total. The highest BCUT2D eigenvalue weighted by Crippen LogP contribution is 2.38. The lowest BCUT2D eigenvalue weighted by atomic mass is 9.81. The first kappa shape index (κ1) is 30.8. The molecule has 2 atom stereocenters. The number of likely N-dealkylation sites (N-methyl/N-ethyl adjacent to an activating group) is 1. The van der Waals surface area contributed by atoms with Crippen LogP contribution in [0.15, 0.2) is 36.4 Å². The number of piperidine rings is 2. The molecule has 0 N–H and O–H groups in total. The van der Waals surface area contributed by atoms with E-state index in [4.69, 9.17) is 0 Å². The maximum absolute atomic E-state index is 14.0. The summed E-state index contributed by atoms with van der Waals surface area (Å²) < 4.78 is 94.7. The van der Waals surface area contributed by atoms with Crippen molar-refractivity contribution in [3.05, 3.63) is 70.0 Å². The number of carbonyl (C=O) groups is 2. The minimum Gasteiger partial charge on any atom is -0.343 e. The zero-order chi connectivity index (χ0) is 30.3. The fourth-order valence-electron chi connectivity index (χ4n) is 6.10. The minimum absolute atomic E-state index is 0.00263. The summed E-state index contributed by atoms with van der Waals surface area (Å²) in [6.45, 7) is 5.46. The van der Waals surface area contributed by atoms with Crippen molar-refractivity contribution in [2.24, 2.45) is 0 Å². The van der Waals surface area contributed by atoms with Gasteiger partial charge < -0.3 is 9.80 Å². The van der Waals surface area contributed by atoms with Gasteiger partial charge in [0, 0.05) is 63.7 Å². The lowest BCUT2D eigenvalue weighted by Gasteiger charge is -2.47. The van der Waals surface area contributed by atoms with Gasteiger partial charge in [-0.3, -0.25) is 14.5 Å². The molecule has 2 aliphatic rings. The molecule has 2 amide bonds. The molecule has 2 aromatic rings. The molecule has 4 rings (SSSR count). The van der Waals surface area contributed by atoms with Gasteiger partial charge in [0.1, 0.15) is 5.82 Å². The zero-order valence-corrected chi connectivity index (χ0v) is 22.9. The van der Waals surface area contributed by atoms with Crippen LogP contribution in [0.25, 0.3) is 0 Å². The molecule has 2 aliphatic heterocycles. The third-order valence-electron chi connectivity index (χ3n) is 8.32. The number of alkyl halides is 6. The van der Waals surface area contributed by atoms with Crippen molar-refractivity contribution in [1.29, 1.82) is 0 Å². The number of aryl methyl sites for hydroxylation is 1. The molecule has 41 heavy (non-hydrogen) atoms. The third kappa shape index (κ3) is 6.85. The smallest absolute Gasteiger partial charge is 0.343 e. The first-order chi connectivity index (χ1) is 19.1. The first-order valence-electron chi connectivity index (χ1n) is 13.4. The van der Waals surface area contributed by atoms with Crippen LogP contribution in [0.2, 0.25) is 0 Å². The third-order valence-corrected chi connectivity index (χ3v) is 8.32. The van der Waals surface area contributed by atoms with Crippen LogP contribution in [0.5, 0.6) is 0 Å². The zero-order valence-electron chi connectivity index (χ0n) is 22.9. The second-order valence-electron chi connectivity index (χ2n) is 10.9. The molecule has 0 aromatic heterocycles. The average Bonchev–Trinajstić information content (AvgIpc) is 2.91. The van der Waals surface area contributed by atoms with Crippen LogP contribution in [0.1, 0.15) is 64.7 Å². The Labute approximate surface area is 233 Å². The highest BCUT2D eigenvalue weighted by atomic mass is 19.4. The van der Waals surface area contributed by atoms with Gasteiger partial charge in [-0.25, -0.2) is 4.39 Å². The van der Waals surface area contributed by atoms with Crippen molar-refractivity contribution >= 4 is 11.8 Å². The number of hydrogen-bond acceptors (Lipinski definition) is 3. The van der Waals surface area contributed by atoms with Gasteiger partial charge in [0.15, 0.2) is 0 Å². The average molecular weight is 588 g/mol. The Balaban J connectivity index is 1.65. The topological polar surface area (TPSA) is 43.9 Å². The van der Waals surface area contributed by atoms with Gasteiger partial charge in [0.25, 0.3) is 5.91 Å². The predicted octanol–water partition coefficient (Wildman–Crippen LogP) is 6.11. The summed E-state index contributed by atoms with van der Waals surface area (Å²) in [5, 5.41) is 0. The summed E-state index contributed by atoms with van der Waals surface area (Å²) in [5.41, 5.74) is -2.43. The number of rotatable bonds is 4. The van der Waals surface area contributed by atoms with Crippen molar-refractivity contribution in [1.82, 2.24) is 14.7 Å². The van der Waals surface area contributed by atoms with Crippen LogP contribution < -0.4 is 0 Å². The van der Waals surface area contributed by atoms with Crippen molar-refractivity contribution in [2.45, 2.75) is 63.5 Å². The molecule has 12 heteroatoms. The summed E-state index contributed by atoms with van der Waals surface area (Å²) in [6.07, 6.45) is -8.25. The molecule has 2 heterocycles. The van der Waals surface area contributed by atoms with Crippen LogP contribution >= 0.6 is 0 Å². The van der Waals surface area contributed by atoms with Crippen LogP contribution in [0.4, 0.5) is 30.7 Å². The van der Waals surface area contributed by atoms with Crippen molar-refractivity contribution in [3.8, 4) is 0 Å². The number of nitrogens with zero attached hydrogens (tertiary/aromatic N) is 3. The normalized spacial score (nSPS) is 21.2. The number of benzene rings is 2. The van der Waals surface area contributed by atoms with E-state index in [1.165, 1.54) is 31.0 Å². The van der Waals surface area contributed by atoms with Crippen LogP contribution in [-0.4, -0.2) is 71.8 Å². The number of amides is 2. The standard InChI is InChI=1S/C29H32F7N3O2/c1-17-12-22(30)4-5-24(17)25-16-39(23-6-9-38(10-7-23)18(2)40)11-8-26(25)37(3)27(41)19-13-20(28(31,32)33)15-21(14-19)29(34,35)36/h4-5,12-15,23,25-26H,6-11,16H2,1-3H3. The van der Waals surface area contributed by atoms with E-state index >= 15 is 0 Å². The fraction of sp³-hybridized carbons (Fsp3) is 0.517. The van der Waals surface area contributed by atoms with Gasteiger partial charge in [0.2, 0.25) is 5.91 Å². The van der Waals surface area contributed by atoms with Crippen LogP contribution in [0, 0.1) is 12.7 Å². The maximum Gasteiger partial charge on any atom is 0.416 e. The monoisotopic (exact) mass is 587 g/mol. The maximum atomic E-state index is 14.0. The minimum atomic E-state index is -5.08. The Morgan fingerprint density at radius 3 is 1.98 bits per heavy atom. The van der Waals surface area contributed by atoms with Gasteiger partial charge in [-0.2, -0.15) is 26.3 Å². The van der Waals surface area contributed by atoms with Gasteiger partial charge in [-0.1, -0.05) is 6.07 Å². The van der Waals surface area contributed by atoms with E-state index in [-0.39, 0.29) is 23.9 Å². The van der Waals surface area contributed by atoms with E-state index in [1.807, 2.05) is 0 Å². The van der Waals surface area contributed by atoms with E-state index in [0.717, 1.165) is 18.4 Å². The van der Waals surface area contributed by atoms with Gasteiger partial charge in [0.05, 0.1) is 11.1 Å². The number of likely N-dealkylation sites (tertiary alicyclic amines) is 2. The van der Waals surface area contributed by atoms with Crippen LogP contribution in [0.3, 0.4) is 0 Å². The van der Waals surface area contributed by atoms with Crippen molar-refractivity contribution in [2.75, 3.05) is 33.2 Å². The Morgan fingerprint density at radius 1 is 0.878 bits per heavy atom. The molecule has 0 radical (unpaired) electrons. The van der Waals surface area contributed by atoms with Crippen molar-refractivity contribution < 1.29 is 40.3 Å². The highest BCUT2D eigenvalue weighted by molar-refractivity contribution is 5.95. The van der Waals surface area contributed by atoms with E-state index in [2.05, 4.69) is 4.90 Å². The highest BCUT2D eigenvalue weighted by Gasteiger charge is 2.41. The molecule has 224 valence electrons. The molecular weight excluding hydrogens is 555 g/mol. The molecule has 0 spiro atoms. The van der Waals surface area contributed by atoms with E-state index < -0.39 is 46.8 Å². The largest absolute Gasteiger partial charge is 0.416 e. The molecule has 0 saturated carbocycles. The molecule has 2 fully saturated rings. The van der Waals surface area contributed by atoms with E-state index in [1.54, 1.807) is 17.9 Å². The second-order valence-corrected chi connectivity index (χ2v) is 10.9. The van der Waals surface area contributed by atoms with Crippen molar-refractivity contribution in [3.63, 3.8) is 0 Å². The summed E-state index contributed by atoms with van der Waals surface area (Å²) >= 11 is 0. The lowest BCUT2D eigenvalue weighted by molar-refractivity contribution is -0.143. The Bertz CT molecular complexity index is 1250. The molecule has 2 unspecified atom stereocenters. The van der Waals surface area contributed by atoms with Crippen LogP contribution in [-0.2, 0) is 17.1 Å². The Morgan fingerprint density at radius 2 is 1.46 bits per heavy atom. The van der Waals surface area contributed by atoms with Gasteiger partial charge in [-0.05, 0) is 67.6 Å². The fourth-order valence-corrected chi connectivity index (χ4v) is 6.10. The number of carbonyl (C=O) groups excluding carboxylic acids is 2. The molecule has 0 aliphatic carbocycles. The Hall–Kier alpha value is -3.15. The van der Waals surface area contributed by atoms with Gasteiger partial charge in [-0.15, -0.1) is 0 Å². The summed E-state index contributed by atoms with van der Waals surface area (Å²) in [6, 6.07) is 4.77. The molecular formula is C29H32F7N3O2. The molecule has 0 bridgehead atoms. The Kier molecular flexibility index (Phi) is 8.73. The van der Waals surface area contributed by atoms with E-state index in [0.29, 0.717) is 50.3 Å². The molecule has 2 saturated heterocycles. The van der Waals surface area contributed by atoms with Gasteiger partial charge >= 0.3 is 12.4 Å². The summed E-state index contributed by atoms with van der Waals surface area (Å²) in [4.78, 5) is 30.5. The summed E-state index contributed by atoms with van der Waals surface area (Å²) in [7, 11) is 1.38. The van der Waals surface area contributed by atoms with E-state index in [9.17, 15) is 40.3 Å². The quantitative estimate of drug-likeness (QED) is 0.406. The number of hydrogen-bond donors (Lipinski definition) is 0. The second kappa shape index (κ2) is 11.6. The first-order valence-corrected chi connectivity index (χ1v) is 13.4. The lowest BCUT2D eigenvalue weighted by Crippen LogP contribution is -2.55.